The smallest absolute Gasteiger partial charge is 0.253 e. The van der Waals surface area contributed by atoms with Crippen LogP contribution in [0, 0.1) is 13.8 Å². The third kappa shape index (κ3) is 3.14. The van der Waals surface area contributed by atoms with E-state index in [1.54, 1.807) is 15.9 Å². The highest BCUT2D eigenvalue weighted by Crippen LogP contribution is 2.35. The van der Waals surface area contributed by atoms with E-state index >= 15 is 0 Å². The summed E-state index contributed by atoms with van der Waals surface area (Å²) in [6.07, 6.45) is 4.18. The number of aryl methyl sites for hydroxylation is 2. The predicted molar refractivity (Wildman–Crippen MR) is 109 cm³/mol. The van der Waals surface area contributed by atoms with Gasteiger partial charge in [-0.1, -0.05) is 18.7 Å². The Bertz CT molecular complexity index is 1010. The minimum absolute atomic E-state index is 0.163. The summed E-state index contributed by atoms with van der Waals surface area (Å²) in [5, 5.41) is 7.32. The second-order valence-electron chi connectivity index (χ2n) is 6.81. The lowest BCUT2D eigenvalue weighted by Crippen LogP contribution is -2.40. The van der Waals surface area contributed by atoms with Crippen molar-refractivity contribution in [3.05, 3.63) is 38.8 Å². The lowest BCUT2D eigenvalue weighted by Gasteiger charge is -2.35. The highest BCUT2D eigenvalue weighted by atomic mass is 32.2. The molecule has 0 saturated heterocycles. The van der Waals surface area contributed by atoms with Crippen molar-refractivity contribution in [2.75, 3.05) is 12.8 Å². The van der Waals surface area contributed by atoms with Gasteiger partial charge in [-0.2, -0.15) is 4.98 Å². The van der Waals surface area contributed by atoms with E-state index in [2.05, 4.69) is 33.4 Å². The summed E-state index contributed by atoms with van der Waals surface area (Å²) in [6, 6.07) is 2.36. The van der Waals surface area contributed by atoms with E-state index in [0.717, 1.165) is 36.3 Å². The molecule has 0 fully saturated rings. The Balaban J connectivity index is 1.65. The molecule has 0 N–H and O–H groups in total. The van der Waals surface area contributed by atoms with E-state index in [0.29, 0.717) is 17.4 Å². The Kier molecular flexibility index (Phi) is 4.94. The quantitative estimate of drug-likeness (QED) is 0.625. The van der Waals surface area contributed by atoms with Crippen LogP contribution >= 0.6 is 23.1 Å². The second-order valence-corrected chi connectivity index (χ2v) is 8.58. The third-order valence-electron chi connectivity index (χ3n) is 5.34. The minimum atomic E-state index is 0.163. The van der Waals surface area contributed by atoms with Crippen molar-refractivity contribution in [1.29, 1.82) is 0 Å². The number of thioether (sulfide) groups is 1. The van der Waals surface area contributed by atoms with Crippen LogP contribution in [0.4, 0.5) is 0 Å². The van der Waals surface area contributed by atoms with Crippen LogP contribution in [0.3, 0.4) is 0 Å². The molecule has 3 aromatic heterocycles. The van der Waals surface area contributed by atoms with E-state index in [4.69, 9.17) is 0 Å². The van der Waals surface area contributed by atoms with Crippen molar-refractivity contribution < 1.29 is 4.79 Å². The molecule has 1 atom stereocenters. The van der Waals surface area contributed by atoms with Crippen LogP contribution in [0.25, 0.3) is 5.78 Å². The van der Waals surface area contributed by atoms with Crippen molar-refractivity contribution in [2.45, 2.75) is 51.2 Å². The van der Waals surface area contributed by atoms with Crippen LogP contribution in [0.2, 0.25) is 0 Å². The Hall–Kier alpha value is -1.93. The number of carbonyl (C=O) groups excluding carboxylic acids is 1. The fourth-order valence-electron chi connectivity index (χ4n) is 3.92. The fourth-order valence-corrected chi connectivity index (χ4v) is 5.18. The van der Waals surface area contributed by atoms with Gasteiger partial charge >= 0.3 is 0 Å². The highest BCUT2D eigenvalue weighted by Gasteiger charge is 2.31. The summed E-state index contributed by atoms with van der Waals surface area (Å²) in [4.78, 5) is 25.7. The van der Waals surface area contributed by atoms with Crippen molar-refractivity contribution in [3.8, 4) is 0 Å². The maximum absolute atomic E-state index is 13.2. The van der Waals surface area contributed by atoms with Crippen LogP contribution in [-0.4, -0.2) is 43.2 Å². The summed E-state index contributed by atoms with van der Waals surface area (Å²) in [7, 11) is 0. The molecular weight excluding hydrogens is 378 g/mol. The SMILES string of the molecule is CCC1c2ccsc2CCN1C(=O)Cc1c(C)nc2nc(SC)nn2c1C. The molecule has 27 heavy (non-hydrogen) atoms. The van der Waals surface area contributed by atoms with Gasteiger partial charge in [0.05, 0.1) is 12.5 Å². The fraction of sp³-hybridized carbons (Fsp3) is 0.474. The van der Waals surface area contributed by atoms with Gasteiger partial charge in [-0.25, -0.2) is 9.50 Å². The van der Waals surface area contributed by atoms with E-state index in [-0.39, 0.29) is 11.9 Å². The number of aromatic nitrogens is 4. The van der Waals surface area contributed by atoms with Gasteiger partial charge in [0.25, 0.3) is 5.78 Å². The normalized spacial score (nSPS) is 16.7. The summed E-state index contributed by atoms with van der Waals surface area (Å²) >= 11 is 3.30. The van der Waals surface area contributed by atoms with Crippen LogP contribution < -0.4 is 0 Å². The molecule has 0 radical (unpaired) electrons. The average Bonchev–Trinajstić information content (AvgIpc) is 3.30. The van der Waals surface area contributed by atoms with Crippen molar-refractivity contribution in [3.63, 3.8) is 0 Å². The molecule has 4 rings (SSSR count). The maximum atomic E-state index is 13.2. The molecule has 1 amide bonds. The molecule has 3 aromatic rings. The lowest BCUT2D eigenvalue weighted by molar-refractivity contribution is -0.133. The van der Waals surface area contributed by atoms with Gasteiger partial charge in [0.15, 0.2) is 0 Å². The molecule has 142 valence electrons. The molecule has 1 aliphatic rings. The van der Waals surface area contributed by atoms with E-state index in [1.165, 1.54) is 22.2 Å². The monoisotopic (exact) mass is 401 g/mol. The first-order valence-electron chi connectivity index (χ1n) is 9.16. The van der Waals surface area contributed by atoms with Gasteiger partial charge in [0.1, 0.15) is 0 Å². The predicted octanol–water partition coefficient (Wildman–Crippen LogP) is 3.60. The largest absolute Gasteiger partial charge is 0.335 e. The molecule has 0 aliphatic carbocycles. The highest BCUT2D eigenvalue weighted by molar-refractivity contribution is 7.98. The lowest BCUT2D eigenvalue weighted by atomic mass is 9.96. The molecule has 6 nitrogen and oxygen atoms in total. The van der Waals surface area contributed by atoms with E-state index < -0.39 is 0 Å². The summed E-state index contributed by atoms with van der Waals surface area (Å²) in [5.41, 5.74) is 4.08. The molecule has 0 bridgehead atoms. The zero-order chi connectivity index (χ0) is 19.1. The van der Waals surface area contributed by atoms with Crippen LogP contribution in [0.1, 0.15) is 46.8 Å². The number of thiophene rings is 1. The first-order valence-corrected chi connectivity index (χ1v) is 11.3. The molecule has 8 heteroatoms. The van der Waals surface area contributed by atoms with Gasteiger partial charge < -0.3 is 4.90 Å². The van der Waals surface area contributed by atoms with Gasteiger partial charge in [-0.05, 0) is 50.0 Å². The molecule has 0 spiro atoms. The van der Waals surface area contributed by atoms with Crippen LogP contribution in [-0.2, 0) is 17.6 Å². The number of nitrogens with zero attached hydrogens (tertiary/aromatic N) is 5. The summed E-state index contributed by atoms with van der Waals surface area (Å²) < 4.78 is 1.76. The van der Waals surface area contributed by atoms with Gasteiger partial charge in [0, 0.05) is 28.4 Å². The Morgan fingerprint density at radius 1 is 1.37 bits per heavy atom. The van der Waals surface area contributed by atoms with Crippen LogP contribution in [0.5, 0.6) is 0 Å². The number of rotatable bonds is 4. The van der Waals surface area contributed by atoms with Crippen molar-refractivity contribution >= 4 is 34.8 Å². The number of fused-ring (bicyclic) bond motifs is 2. The molecule has 4 heterocycles. The molecule has 0 aromatic carbocycles. The third-order valence-corrected chi connectivity index (χ3v) is 6.88. The van der Waals surface area contributed by atoms with Crippen molar-refractivity contribution in [1.82, 2.24) is 24.5 Å². The minimum Gasteiger partial charge on any atom is -0.335 e. The molecule has 1 unspecified atom stereocenters. The molecular formula is C19H23N5OS2. The van der Waals surface area contributed by atoms with Crippen molar-refractivity contribution in [2.24, 2.45) is 0 Å². The standard InChI is InChI=1S/C19H23N5OS2/c1-5-15-13-7-9-27-16(13)6-8-23(15)17(25)10-14-11(2)20-18-21-19(26-4)22-24(18)12(14)3/h7,9,15H,5-6,8,10H2,1-4H3. The Labute approximate surface area is 167 Å². The van der Waals surface area contributed by atoms with Crippen LogP contribution in [0.15, 0.2) is 16.6 Å². The van der Waals surface area contributed by atoms with Gasteiger partial charge in [-0.15, -0.1) is 16.4 Å². The number of amides is 1. The topological polar surface area (TPSA) is 63.4 Å². The van der Waals surface area contributed by atoms with Gasteiger partial charge in [-0.3, -0.25) is 4.79 Å². The Morgan fingerprint density at radius 3 is 2.93 bits per heavy atom. The number of carbonyl (C=O) groups is 1. The van der Waals surface area contributed by atoms with E-state index in [1.807, 2.05) is 25.0 Å². The first kappa shape index (κ1) is 18.4. The van der Waals surface area contributed by atoms with E-state index in [9.17, 15) is 4.79 Å². The van der Waals surface area contributed by atoms with Gasteiger partial charge in [0.2, 0.25) is 11.1 Å². The molecule has 1 aliphatic heterocycles. The second kappa shape index (κ2) is 7.24. The number of hydrogen-bond acceptors (Lipinski definition) is 6. The number of hydrogen-bond donors (Lipinski definition) is 0. The molecule has 0 saturated carbocycles. The summed E-state index contributed by atoms with van der Waals surface area (Å²) in [6.45, 7) is 6.89. The zero-order valence-electron chi connectivity index (χ0n) is 16.0. The summed E-state index contributed by atoms with van der Waals surface area (Å²) in [5.74, 6) is 0.758. The zero-order valence-corrected chi connectivity index (χ0v) is 17.7. The maximum Gasteiger partial charge on any atom is 0.253 e. The average molecular weight is 402 g/mol. The Morgan fingerprint density at radius 2 is 2.19 bits per heavy atom. The first-order chi connectivity index (χ1) is 13.0.